The lowest BCUT2D eigenvalue weighted by Gasteiger charge is -2.37. The molecule has 0 aromatic heterocycles. The fourth-order valence-electron chi connectivity index (χ4n) is 2.43. The Hall–Kier alpha value is -1.76. The van der Waals surface area contributed by atoms with Crippen molar-refractivity contribution >= 4 is 34.1 Å². The van der Waals surface area contributed by atoms with E-state index in [1.165, 1.54) is 11.3 Å². The van der Waals surface area contributed by atoms with E-state index < -0.39 is 5.60 Å². The van der Waals surface area contributed by atoms with Crippen LogP contribution in [0.1, 0.15) is 26.3 Å². The summed E-state index contributed by atoms with van der Waals surface area (Å²) in [5.74, 6) is 0. The van der Waals surface area contributed by atoms with Crippen LogP contribution in [0.5, 0.6) is 0 Å². The third-order valence-corrected chi connectivity index (χ3v) is 3.92. The van der Waals surface area contributed by atoms with E-state index in [4.69, 9.17) is 9.53 Å². The third-order valence-electron chi connectivity index (χ3n) is 3.43. The van der Waals surface area contributed by atoms with E-state index in [2.05, 4.69) is 51.7 Å². The van der Waals surface area contributed by atoms with Crippen molar-refractivity contribution in [3.63, 3.8) is 0 Å². The molecule has 0 saturated carbocycles. The summed E-state index contributed by atoms with van der Waals surface area (Å²) in [4.78, 5) is 24.7. The summed E-state index contributed by atoms with van der Waals surface area (Å²) >= 11 is 3.49. The van der Waals surface area contributed by atoms with Crippen LogP contribution in [0.3, 0.4) is 0 Å². The highest BCUT2D eigenvalue weighted by molar-refractivity contribution is 9.10. The molecular weight excluding hydrogens is 374 g/mol. The summed E-state index contributed by atoms with van der Waals surface area (Å²) in [6.45, 7) is 10.9. The lowest BCUT2D eigenvalue weighted by atomic mass is 10.1. The van der Waals surface area contributed by atoms with Gasteiger partial charge in [0.2, 0.25) is 6.41 Å². The molecule has 24 heavy (non-hydrogen) atoms. The fourth-order valence-corrected chi connectivity index (χ4v) is 2.91. The van der Waals surface area contributed by atoms with Gasteiger partial charge in [-0.2, -0.15) is 0 Å². The van der Waals surface area contributed by atoms with Crippen molar-refractivity contribution in [3.8, 4) is 0 Å². The molecule has 1 aliphatic rings. The Balaban J connectivity index is 0.000000891. The van der Waals surface area contributed by atoms with Gasteiger partial charge in [-0.05, 0) is 51.5 Å². The molecule has 0 radical (unpaired) electrons. The van der Waals surface area contributed by atoms with Gasteiger partial charge >= 0.3 is 6.09 Å². The Kier molecular flexibility index (Phi) is 7.54. The second kappa shape index (κ2) is 8.92. The minimum atomic E-state index is -0.434. The maximum absolute atomic E-state index is 12.0. The highest BCUT2D eigenvalue weighted by Crippen LogP contribution is 2.25. The molecule has 0 aliphatic carbocycles. The number of primary amides is 1. The van der Waals surface area contributed by atoms with Crippen molar-refractivity contribution in [2.45, 2.75) is 33.3 Å². The number of nitrogens with two attached hydrogens (primary N) is 1. The number of carbonyl (C=O) groups is 2. The lowest BCUT2D eigenvalue weighted by molar-refractivity contribution is -0.106. The molecule has 0 unspecified atom stereocenters. The van der Waals surface area contributed by atoms with Crippen molar-refractivity contribution in [2.75, 3.05) is 31.1 Å². The molecule has 6 nitrogen and oxygen atoms in total. The van der Waals surface area contributed by atoms with E-state index in [-0.39, 0.29) is 12.5 Å². The van der Waals surface area contributed by atoms with E-state index >= 15 is 0 Å². The molecule has 0 atom stereocenters. The van der Waals surface area contributed by atoms with Gasteiger partial charge in [0, 0.05) is 36.3 Å². The zero-order chi connectivity index (χ0) is 18.3. The molecule has 1 aliphatic heterocycles. The van der Waals surface area contributed by atoms with Gasteiger partial charge in [0.05, 0.1) is 0 Å². The topological polar surface area (TPSA) is 75.9 Å². The first kappa shape index (κ1) is 20.3. The average molecular weight is 400 g/mol. The normalized spacial score (nSPS) is 14.5. The summed E-state index contributed by atoms with van der Waals surface area (Å²) in [5.41, 5.74) is 6.22. The van der Waals surface area contributed by atoms with Gasteiger partial charge in [-0.25, -0.2) is 4.79 Å². The first-order chi connectivity index (χ1) is 11.2. The summed E-state index contributed by atoms with van der Waals surface area (Å²) in [7, 11) is 0. The standard InChI is InChI=1S/C16H23BrN2O2.CH3NO/c1-12-11-13(17)5-6-14(12)18-7-9-19(10-8-18)15(20)21-16(2,3)4;2-1-3/h5-6,11H,7-10H2,1-4H3;1H,(H2,2,3). The van der Waals surface area contributed by atoms with Gasteiger partial charge in [-0.3, -0.25) is 4.79 Å². The second-order valence-corrected chi connectivity index (χ2v) is 7.44. The van der Waals surface area contributed by atoms with Crippen LogP contribution >= 0.6 is 15.9 Å². The van der Waals surface area contributed by atoms with Gasteiger partial charge in [0.15, 0.2) is 0 Å². The van der Waals surface area contributed by atoms with E-state index in [1.807, 2.05) is 20.8 Å². The predicted molar refractivity (Wildman–Crippen MR) is 99.2 cm³/mol. The Morgan fingerprint density at radius 1 is 1.25 bits per heavy atom. The van der Waals surface area contributed by atoms with Crippen LogP contribution in [0.25, 0.3) is 0 Å². The fraction of sp³-hybridized carbons (Fsp3) is 0.529. The number of hydrogen-bond acceptors (Lipinski definition) is 4. The number of benzene rings is 1. The quantitative estimate of drug-likeness (QED) is 0.736. The van der Waals surface area contributed by atoms with E-state index in [9.17, 15) is 4.79 Å². The minimum absolute atomic E-state index is 0.213. The number of hydrogen-bond donors (Lipinski definition) is 1. The van der Waals surface area contributed by atoms with Crippen molar-refractivity contribution < 1.29 is 14.3 Å². The third kappa shape index (κ3) is 6.39. The lowest BCUT2D eigenvalue weighted by Crippen LogP contribution is -2.50. The molecule has 2 N–H and O–H groups in total. The summed E-state index contributed by atoms with van der Waals surface area (Å²) in [5, 5.41) is 0. The largest absolute Gasteiger partial charge is 0.444 e. The van der Waals surface area contributed by atoms with Gasteiger partial charge in [-0.1, -0.05) is 15.9 Å². The number of rotatable bonds is 1. The molecule has 7 heteroatoms. The SMILES string of the molecule is Cc1cc(Br)ccc1N1CCN(C(=O)OC(C)(C)C)CC1.NC=O. The molecular formula is C17H26BrN3O3. The van der Waals surface area contributed by atoms with Gasteiger partial charge in [0.1, 0.15) is 5.60 Å². The Labute approximate surface area is 152 Å². The molecule has 1 saturated heterocycles. The van der Waals surface area contributed by atoms with Gasteiger partial charge < -0.3 is 20.3 Å². The molecule has 2 rings (SSSR count). The van der Waals surface area contributed by atoms with Crippen LogP contribution < -0.4 is 10.6 Å². The van der Waals surface area contributed by atoms with Crippen LogP contribution in [0.2, 0.25) is 0 Å². The van der Waals surface area contributed by atoms with Crippen LogP contribution in [0.4, 0.5) is 10.5 Å². The van der Waals surface area contributed by atoms with Crippen molar-refractivity contribution in [2.24, 2.45) is 5.73 Å². The molecule has 1 fully saturated rings. The average Bonchev–Trinajstić information content (AvgIpc) is 2.46. The van der Waals surface area contributed by atoms with Crippen molar-refractivity contribution in [1.29, 1.82) is 0 Å². The molecule has 2 amide bonds. The monoisotopic (exact) mass is 399 g/mol. The van der Waals surface area contributed by atoms with E-state index in [0.29, 0.717) is 13.1 Å². The van der Waals surface area contributed by atoms with E-state index in [0.717, 1.165) is 17.6 Å². The van der Waals surface area contributed by atoms with Crippen LogP contribution in [0, 0.1) is 6.92 Å². The first-order valence-corrected chi connectivity index (χ1v) is 8.61. The molecule has 0 bridgehead atoms. The number of carbonyl (C=O) groups excluding carboxylic acids is 2. The smallest absolute Gasteiger partial charge is 0.410 e. The number of piperazine rings is 1. The molecule has 1 aromatic rings. The Morgan fingerprint density at radius 3 is 2.25 bits per heavy atom. The number of anilines is 1. The van der Waals surface area contributed by atoms with Gasteiger partial charge in [-0.15, -0.1) is 0 Å². The van der Waals surface area contributed by atoms with Crippen LogP contribution in [0.15, 0.2) is 22.7 Å². The van der Waals surface area contributed by atoms with Crippen molar-refractivity contribution in [3.05, 3.63) is 28.2 Å². The van der Waals surface area contributed by atoms with Gasteiger partial charge in [0.25, 0.3) is 0 Å². The van der Waals surface area contributed by atoms with Crippen LogP contribution in [-0.2, 0) is 9.53 Å². The second-order valence-electron chi connectivity index (χ2n) is 6.52. The molecule has 0 spiro atoms. The Bertz CT molecular complexity index is 565. The molecule has 1 heterocycles. The molecule has 134 valence electrons. The van der Waals surface area contributed by atoms with Crippen LogP contribution in [-0.4, -0.2) is 49.2 Å². The first-order valence-electron chi connectivity index (χ1n) is 7.82. The predicted octanol–water partition coefficient (Wildman–Crippen LogP) is 2.92. The minimum Gasteiger partial charge on any atom is -0.444 e. The number of ether oxygens (including phenoxy) is 1. The molecule has 1 aromatic carbocycles. The number of amides is 2. The highest BCUT2D eigenvalue weighted by atomic mass is 79.9. The Morgan fingerprint density at radius 2 is 1.79 bits per heavy atom. The summed E-state index contributed by atoms with van der Waals surface area (Å²) in [6, 6.07) is 6.31. The number of aryl methyl sites for hydroxylation is 1. The number of halogens is 1. The summed E-state index contributed by atoms with van der Waals surface area (Å²) in [6.07, 6.45) is 0.0367. The zero-order valence-electron chi connectivity index (χ0n) is 14.7. The van der Waals surface area contributed by atoms with E-state index in [1.54, 1.807) is 4.90 Å². The maximum atomic E-state index is 12.0. The highest BCUT2D eigenvalue weighted by Gasteiger charge is 2.26. The zero-order valence-corrected chi connectivity index (χ0v) is 16.3. The maximum Gasteiger partial charge on any atom is 0.410 e. The summed E-state index contributed by atoms with van der Waals surface area (Å²) < 4.78 is 6.51. The van der Waals surface area contributed by atoms with Crippen molar-refractivity contribution in [1.82, 2.24) is 4.90 Å². The number of nitrogens with zero attached hydrogens (tertiary/aromatic N) is 2.